The summed E-state index contributed by atoms with van der Waals surface area (Å²) in [5, 5.41) is 12.1. The predicted molar refractivity (Wildman–Crippen MR) is 116 cm³/mol. The van der Waals surface area contributed by atoms with Gasteiger partial charge in [0.25, 0.3) is 0 Å². The molecule has 1 N–H and O–H groups in total. The van der Waals surface area contributed by atoms with Crippen LogP contribution in [0.5, 0.6) is 0 Å². The fourth-order valence-corrected chi connectivity index (χ4v) is 5.09. The summed E-state index contributed by atoms with van der Waals surface area (Å²) in [5.41, 5.74) is 0.743. The maximum absolute atomic E-state index is 12.3. The Labute approximate surface area is 181 Å². The van der Waals surface area contributed by atoms with E-state index in [-0.39, 0.29) is 17.6 Å². The Balaban J connectivity index is 1.70. The molecule has 11 heteroatoms. The molecule has 0 aliphatic carbocycles. The van der Waals surface area contributed by atoms with Gasteiger partial charge in [0, 0.05) is 38.3 Å². The number of piperidine rings is 1. The lowest BCUT2D eigenvalue weighted by molar-refractivity contribution is -0.113. The zero-order valence-corrected chi connectivity index (χ0v) is 18.8. The van der Waals surface area contributed by atoms with Crippen molar-refractivity contribution in [3.63, 3.8) is 0 Å². The van der Waals surface area contributed by atoms with E-state index in [4.69, 9.17) is 4.74 Å². The number of ether oxygens (including phenoxy) is 1. The number of carbonyl (C=O) groups excluding carboxylic acids is 1. The van der Waals surface area contributed by atoms with Crippen LogP contribution in [0, 0.1) is 0 Å². The van der Waals surface area contributed by atoms with Crippen LogP contribution < -0.4 is 5.32 Å². The Morgan fingerprint density at radius 2 is 2.07 bits per heavy atom. The van der Waals surface area contributed by atoms with E-state index in [2.05, 4.69) is 15.5 Å². The van der Waals surface area contributed by atoms with Gasteiger partial charge in [0.15, 0.2) is 5.16 Å². The molecule has 1 aliphatic rings. The number of carbonyl (C=O) groups is 1. The van der Waals surface area contributed by atoms with E-state index in [1.165, 1.54) is 22.3 Å². The van der Waals surface area contributed by atoms with Crippen molar-refractivity contribution in [2.75, 3.05) is 44.1 Å². The number of para-hydroxylation sites is 1. The van der Waals surface area contributed by atoms with Gasteiger partial charge < -0.3 is 14.6 Å². The minimum Gasteiger partial charge on any atom is -0.383 e. The molecule has 164 valence electrons. The molecular weight excluding hydrogens is 426 g/mol. The van der Waals surface area contributed by atoms with Gasteiger partial charge in [-0.25, -0.2) is 12.7 Å². The highest BCUT2D eigenvalue weighted by atomic mass is 32.2. The van der Waals surface area contributed by atoms with E-state index in [1.54, 1.807) is 7.11 Å². The third kappa shape index (κ3) is 6.03. The van der Waals surface area contributed by atoms with Gasteiger partial charge >= 0.3 is 0 Å². The number of aromatic nitrogens is 3. The average Bonchev–Trinajstić information content (AvgIpc) is 3.13. The number of hydrogen-bond donors (Lipinski definition) is 1. The molecule has 1 amide bonds. The van der Waals surface area contributed by atoms with Gasteiger partial charge in [0.05, 0.1) is 18.6 Å². The fourth-order valence-electron chi connectivity index (χ4n) is 3.40. The molecular formula is C19H27N5O4S2. The first-order valence-corrected chi connectivity index (χ1v) is 12.6. The Bertz CT molecular complexity index is 949. The normalized spacial score (nSPS) is 17.7. The highest BCUT2D eigenvalue weighted by Gasteiger charge is 2.30. The molecule has 1 atom stereocenters. The van der Waals surface area contributed by atoms with Gasteiger partial charge in [-0.3, -0.25) is 4.79 Å². The van der Waals surface area contributed by atoms with Crippen molar-refractivity contribution in [1.82, 2.24) is 19.1 Å². The highest BCUT2D eigenvalue weighted by molar-refractivity contribution is 7.99. The predicted octanol–water partition coefficient (Wildman–Crippen LogP) is 1.79. The molecule has 0 saturated carbocycles. The van der Waals surface area contributed by atoms with Crippen molar-refractivity contribution in [3.8, 4) is 0 Å². The van der Waals surface area contributed by atoms with Crippen LogP contribution in [0.3, 0.4) is 0 Å². The molecule has 1 aromatic heterocycles. The maximum atomic E-state index is 12.3. The molecule has 2 aromatic rings. The summed E-state index contributed by atoms with van der Waals surface area (Å²) >= 11 is 1.31. The van der Waals surface area contributed by atoms with Gasteiger partial charge in [0.1, 0.15) is 5.82 Å². The average molecular weight is 454 g/mol. The highest BCUT2D eigenvalue weighted by Crippen LogP contribution is 2.29. The topological polar surface area (TPSA) is 106 Å². The molecule has 0 spiro atoms. The van der Waals surface area contributed by atoms with E-state index >= 15 is 0 Å². The molecule has 9 nitrogen and oxygen atoms in total. The molecule has 0 radical (unpaired) electrons. The second-order valence-corrected chi connectivity index (χ2v) is 10.1. The number of rotatable bonds is 9. The molecule has 1 saturated heterocycles. The second kappa shape index (κ2) is 10.4. The van der Waals surface area contributed by atoms with Crippen molar-refractivity contribution in [3.05, 3.63) is 36.2 Å². The van der Waals surface area contributed by atoms with Gasteiger partial charge in [-0.2, -0.15) is 0 Å². The molecule has 1 aliphatic heterocycles. The monoisotopic (exact) mass is 453 g/mol. The number of anilines is 1. The lowest BCUT2D eigenvalue weighted by Gasteiger charge is -2.30. The number of nitrogens with zero attached hydrogens (tertiary/aromatic N) is 4. The van der Waals surface area contributed by atoms with Crippen LogP contribution >= 0.6 is 11.8 Å². The summed E-state index contributed by atoms with van der Waals surface area (Å²) < 4.78 is 32.6. The zero-order chi connectivity index (χ0) is 21.6. The van der Waals surface area contributed by atoms with Crippen LogP contribution in [-0.2, 0) is 26.1 Å². The van der Waals surface area contributed by atoms with E-state index in [1.807, 2.05) is 34.9 Å². The molecule has 3 rings (SSSR count). The Morgan fingerprint density at radius 1 is 1.30 bits per heavy atom. The minimum absolute atomic E-state index is 0.0367. The van der Waals surface area contributed by atoms with Crippen LogP contribution in [0.2, 0.25) is 0 Å². The molecule has 0 bridgehead atoms. The van der Waals surface area contributed by atoms with E-state index in [0.717, 1.165) is 24.4 Å². The van der Waals surface area contributed by atoms with Gasteiger partial charge in [-0.05, 0) is 25.0 Å². The SMILES string of the molecule is COCCn1c(SCC(=O)Nc2ccccc2)nnc1C1CCCN(S(C)(=O)=O)C1. The van der Waals surface area contributed by atoms with Crippen LogP contribution in [-0.4, -0.2) is 72.2 Å². The number of sulfonamides is 1. The van der Waals surface area contributed by atoms with E-state index in [9.17, 15) is 13.2 Å². The summed E-state index contributed by atoms with van der Waals surface area (Å²) in [6.07, 6.45) is 2.85. The largest absolute Gasteiger partial charge is 0.383 e. The first-order valence-electron chi connectivity index (χ1n) is 9.73. The molecule has 1 fully saturated rings. The maximum Gasteiger partial charge on any atom is 0.234 e. The zero-order valence-electron chi connectivity index (χ0n) is 17.2. The number of amides is 1. The standard InChI is InChI=1S/C19H27N5O4S2/c1-28-12-11-24-18(15-7-6-10-23(13-15)30(2,26)27)21-22-19(24)29-14-17(25)20-16-8-4-3-5-9-16/h3-5,8-9,15H,6-7,10-14H2,1-2H3,(H,20,25). The van der Waals surface area contributed by atoms with Gasteiger partial charge in [-0.15, -0.1) is 10.2 Å². The quantitative estimate of drug-likeness (QED) is 0.577. The summed E-state index contributed by atoms with van der Waals surface area (Å²) in [6, 6.07) is 9.28. The third-order valence-corrected chi connectivity index (χ3v) is 7.11. The molecule has 30 heavy (non-hydrogen) atoms. The van der Waals surface area contributed by atoms with Crippen molar-refractivity contribution in [2.45, 2.75) is 30.5 Å². The van der Waals surface area contributed by atoms with Crippen LogP contribution in [0.4, 0.5) is 5.69 Å². The van der Waals surface area contributed by atoms with Crippen LogP contribution in [0.15, 0.2) is 35.5 Å². The van der Waals surface area contributed by atoms with Crippen LogP contribution in [0.1, 0.15) is 24.6 Å². The third-order valence-electron chi connectivity index (χ3n) is 4.87. The summed E-state index contributed by atoms with van der Waals surface area (Å²) in [6.45, 7) is 1.93. The van der Waals surface area contributed by atoms with Crippen molar-refractivity contribution in [1.29, 1.82) is 0 Å². The fraction of sp³-hybridized carbons (Fsp3) is 0.526. The Kier molecular flexibility index (Phi) is 7.87. The molecule has 1 aromatic carbocycles. The lowest BCUT2D eigenvalue weighted by Crippen LogP contribution is -2.39. The lowest BCUT2D eigenvalue weighted by atomic mass is 9.99. The number of benzene rings is 1. The van der Waals surface area contributed by atoms with Gasteiger partial charge in [-0.1, -0.05) is 30.0 Å². The summed E-state index contributed by atoms with van der Waals surface area (Å²) in [7, 11) is -1.63. The molecule has 2 heterocycles. The van der Waals surface area contributed by atoms with Crippen molar-refractivity contribution >= 4 is 33.4 Å². The number of hydrogen-bond acceptors (Lipinski definition) is 7. The number of nitrogens with one attached hydrogen (secondary N) is 1. The smallest absolute Gasteiger partial charge is 0.234 e. The Morgan fingerprint density at radius 3 is 2.77 bits per heavy atom. The Hall–Kier alpha value is -1.95. The molecule has 1 unspecified atom stereocenters. The first-order chi connectivity index (χ1) is 14.4. The van der Waals surface area contributed by atoms with E-state index < -0.39 is 10.0 Å². The summed E-state index contributed by atoms with van der Waals surface area (Å²) in [5.74, 6) is 0.770. The van der Waals surface area contributed by atoms with Crippen molar-refractivity contribution < 1.29 is 17.9 Å². The second-order valence-electron chi connectivity index (χ2n) is 7.15. The minimum atomic E-state index is -3.25. The van der Waals surface area contributed by atoms with E-state index in [0.29, 0.717) is 31.4 Å². The van der Waals surface area contributed by atoms with Crippen molar-refractivity contribution in [2.24, 2.45) is 0 Å². The number of methoxy groups -OCH3 is 1. The first kappa shape index (κ1) is 22.7. The van der Waals surface area contributed by atoms with Gasteiger partial charge in [0.2, 0.25) is 15.9 Å². The summed E-state index contributed by atoms with van der Waals surface area (Å²) in [4.78, 5) is 12.3. The number of thioether (sulfide) groups is 1. The van der Waals surface area contributed by atoms with Crippen LogP contribution in [0.25, 0.3) is 0 Å².